The summed E-state index contributed by atoms with van der Waals surface area (Å²) in [4.78, 5) is 27.6. The third-order valence-corrected chi connectivity index (χ3v) is 6.65. The zero-order valence-electron chi connectivity index (χ0n) is 17.7. The summed E-state index contributed by atoms with van der Waals surface area (Å²) in [6.07, 6.45) is 1.34. The number of carbonyl (C=O) groups is 2. The van der Waals surface area contributed by atoms with Gasteiger partial charge in [-0.15, -0.1) is 11.8 Å². The van der Waals surface area contributed by atoms with E-state index < -0.39 is 6.04 Å². The molecule has 0 aliphatic rings. The highest BCUT2D eigenvalue weighted by atomic mass is 35.5. The van der Waals surface area contributed by atoms with Crippen molar-refractivity contribution in [1.82, 2.24) is 10.2 Å². The molecule has 0 aliphatic heterocycles. The minimum atomic E-state index is -0.560. The summed E-state index contributed by atoms with van der Waals surface area (Å²) in [5.41, 5.74) is 1.72. The molecule has 0 spiro atoms. The molecule has 31 heavy (non-hydrogen) atoms. The topological polar surface area (TPSA) is 49.4 Å². The second-order valence-electron chi connectivity index (χ2n) is 7.06. The van der Waals surface area contributed by atoms with E-state index in [-0.39, 0.29) is 24.1 Å². The van der Waals surface area contributed by atoms with Crippen molar-refractivity contribution in [1.29, 1.82) is 0 Å². The first kappa shape index (κ1) is 25.9. The molecule has 2 rings (SSSR count). The number of thioether (sulfide) groups is 1. The quantitative estimate of drug-likeness (QED) is 0.398. The number of carbonyl (C=O) groups excluding carboxylic acids is 2. The first-order valence-corrected chi connectivity index (χ1v) is 12.5. The number of benzene rings is 2. The lowest BCUT2D eigenvalue weighted by Gasteiger charge is -2.31. The molecular weight excluding hydrogens is 475 g/mol. The summed E-state index contributed by atoms with van der Waals surface area (Å²) in [5.74, 6) is 0.533. The van der Waals surface area contributed by atoms with Crippen LogP contribution in [0.5, 0.6) is 0 Å². The Morgan fingerprint density at radius 2 is 1.77 bits per heavy atom. The van der Waals surface area contributed by atoms with Crippen molar-refractivity contribution in [2.75, 3.05) is 12.3 Å². The summed E-state index contributed by atoms with van der Waals surface area (Å²) in [5, 5.41) is 4.63. The van der Waals surface area contributed by atoms with E-state index in [1.54, 1.807) is 23.1 Å². The van der Waals surface area contributed by atoms with Crippen LogP contribution >= 0.6 is 46.6 Å². The summed E-state index contributed by atoms with van der Waals surface area (Å²) >= 11 is 20.0. The van der Waals surface area contributed by atoms with E-state index >= 15 is 0 Å². The molecule has 0 fully saturated rings. The Hall–Kier alpha value is -1.40. The molecule has 1 N–H and O–H groups in total. The van der Waals surface area contributed by atoms with Gasteiger partial charge >= 0.3 is 0 Å². The maximum absolute atomic E-state index is 13.2. The lowest BCUT2D eigenvalue weighted by molar-refractivity contribution is -0.139. The molecule has 2 amide bonds. The van der Waals surface area contributed by atoms with Gasteiger partial charge in [-0.25, -0.2) is 0 Å². The molecule has 8 heteroatoms. The molecule has 0 radical (unpaired) electrons. The van der Waals surface area contributed by atoms with Crippen molar-refractivity contribution in [3.63, 3.8) is 0 Å². The highest BCUT2D eigenvalue weighted by Gasteiger charge is 2.28. The van der Waals surface area contributed by atoms with Gasteiger partial charge in [0.05, 0.1) is 5.75 Å². The molecule has 168 valence electrons. The Kier molecular flexibility index (Phi) is 11.0. The fourth-order valence-electron chi connectivity index (χ4n) is 3.07. The fraction of sp³-hybridized carbons (Fsp3) is 0.391. The van der Waals surface area contributed by atoms with Crippen LogP contribution in [0.3, 0.4) is 0 Å². The van der Waals surface area contributed by atoms with Crippen LogP contribution in [0.4, 0.5) is 0 Å². The van der Waals surface area contributed by atoms with Gasteiger partial charge in [0, 0.05) is 33.9 Å². The van der Waals surface area contributed by atoms with E-state index in [0.717, 1.165) is 17.5 Å². The largest absolute Gasteiger partial charge is 0.354 e. The molecule has 0 unspecified atom stereocenters. The van der Waals surface area contributed by atoms with Crippen LogP contribution < -0.4 is 5.32 Å². The summed E-state index contributed by atoms with van der Waals surface area (Å²) < 4.78 is 0. The van der Waals surface area contributed by atoms with Crippen molar-refractivity contribution in [2.24, 2.45) is 0 Å². The number of nitrogens with one attached hydrogen (secondary N) is 1. The minimum absolute atomic E-state index is 0.117. The number of amides is 2. The predicted octanol–water partition coefficient (Wildman–Crippen LogP) is 6.21. The van der Waals surface area contributed by atoms with E-state index in [9.17, 15) is 9.59 Å². The average molecular weight is 502 g/mol. The van der Waals surface area contributed by atoms with Crippen molar-refractivity contribution < 1.29 is 9.59 Å². The minimum Gasteiger partial charge on any atom is -0.354 e. The molecule has 1 atom stereocenters. The van der Waals surface area contributed by atoms with Gasteiger partial charge in [0.15, 0.2) is 0 Å². The number of hydrogen-bond donors (Lipinski definition) is 1. The van der Waals surface area contributed by atoms with Gasteiger partial charge in [-0.05, 0) is 42.2 Å². The SMILES string of the molecule is CCCNC(=O)[C@@H](CC)N(Cc1ccccc1Cl)C(=O)CSCc1ccc(Cl)cc1Cl. The molecular formula is C23H27Cl3N2O2S. The second kappa shape index (κ2) is 13.2. The molecule has 0 bridgehead atoms. The van der Waals surface area contributed by atoms with Crippen LogP contribution in [0.15, 0.2) is 42.5 Å². The second-order valence-corrected chi connectivity index (χ2v) is 9.29. The van der Waals surface area contributed by atoms with Gasteiger partial charge in [-0.2, -0.15) is 0 Å². The average Bonchev–Trinajstić information content (AvgIpc) is 2.74. The number of rotatable bonds is 11. The van der Waals surface area contributed by atoms with Crippen LogP contribution in [-0.2, 0) is 21.9 Å². The maximum Gasteiger partial charge on any atom is 0.242 e. The molecule has 4 nitrogen and oxygen atoms in total. The third kappa shape index (κ3) is 7.90. The predicted molar refractivity (Wildman–Crippen MR) is 132 cm³/mol. The molecule has 0 aliphatic carbocycles. The first-order valence-electron chi connectivity index (χ1n) is 10.2. The van der Waals surface area contributed by atoms with Crippen LogP contribution in [-0.4, -0.2) is 35.1 Å². The van der Waals surface area contributed by atoms with E-state index in [4.69, 9.17) is 34.8 Å². The number of halogens is 3. The lowest BCUT2D eigenvalue weighted by atomic mass is 10.1. The Morgan fingerprint density at radius 1 is 1.03 bits per heavy atom. The Morgan fingerprint density at radius 3 is 2.42 bits per heavy atom. The number of nitrogens with zero attached hydrogens (tertiary/aromatic N) is 1. The smallest absolute Gasteiger partial charge is 0.242 e. The van der Waals surface area contributed by atoms with E-state index in [1.165, 1.54) is 11.8 Å². The van der Waals surface area contributed by atoms with Crippen LogP contribution in [0.1, 0.15) is 37.8 Å². The van der Waals surface area contributed by atoms with Crippen molar-refractivity contribution in [3.8, 4) is 0 Å². The third-order valence-electron chi connectivity index (χ3n) is 4.73. The van der Waals surface area contributed by atoms with Crippen molar-refractivity contribution in [2.45, 2.75) is 45.0 Å². The van der Waals surface area contributed by atoms with Gasteiger partial charge in [0.1, 0.15) is 6.04 Å². The Bertz CT molecular complexity index is 895. The molecule has 2 aromatic carbocycles. The summed E-state index contributed by atoms with van der Waals surface area (Å²) in [7, 11) is 0. The van der Waals surface area contributed by atoms with E-state index in [2.05, 4.69) is 5.32 Å². The van der Waals surface area contributed by atoms with E-state index in [1.807, 2.05) is 38.1 Å². The van der Waals surface area contributed by atoms with E-state index in [0.29, 0.717) is 33.8 Å². The highest BCUT2D eigenvalue weighted by Crippen LogP contribution is 2.26. The van der Waals surface area contributed by atoms with Crippen LogP contribution in [0, 0.1) is 0 Å². The van der Waals surface area contributed by atoms with Crippen LogP contribution in [0.25, 0.3) is 0 Å². The van der Waals surface area contributed by atoms with Gasteiger partial charge < -0.3 is 10.2 Å². The maximum atomic E-state index is 13.2. The zero-order valence-corrected chi connectivity index (χ0v) is 20.8. The summed E-state index contributed by atoms with van der Waals surface area (Å²) in [6.45, 7) is 4.75. The first-order chi connectivity index (χ1) is 14.9. The molecule has 2 aromatic rings. The standard InChI is InChI=1S/C23H27Cl3N2O2S/c1-3-11-27-23(30)21(4-2)28(13-16-7-5-6-8-19(16)25)22(29)15-31-14-17-9-10-18(24)12-20(17)26/h5-10,12,21H,3-4,11,13-15H2,1-2H3,(H,27,30)/t21-/m1/s1. The Labute approximate surface area is 203 Å². The zero-order chi connectivity index (χ0) is 22.8. The Balaban J connectivity index is 2.14. The highest BCUT2D eigenvalue weighted by molar-refractivity contribution is 7.99. The monoisotopic (exact) mass is 500 g/mol. The molecule has 0 saturated heterocycles. The molecule has 0 heterocycles. The van der Waals surface area contributed by atoms with Gasteiger partial charge in [-0.3, -0.25) is 9.59 Å². The van der Waals surface area contributed by atoms with Gasteiger partial charge in [0.25, 0.3) is 0 Å². The normalized spacial score (nSPS) is 11.8. The van der Waals surface area contributed by atoms with Gasteiger partial charge in [-0.1, -0.05) is 72.9 Å². The molecule has 0 saturated carbocycles. The fourth-order valence-corrected chi connectivity index (χ4v) is 4.73. The van der Waals surface area contributed by atoms with Crippen molar-refractivity contribution >= 4 is 58.4 Å². The molecule has 0 aromatic heterocycles. The van der Waals surface area contributed by atoms with Gasteiger partial charge in [0.2, 0.25) is 11.8 Å². The lowest BCUT2D eigenvalue weighted by Crippen LogP contribution is -2.49. The number of hydrogen-bond acceptors (Lipinski definition) is 3. The van der Waals surface area contributed by atoms with Crippen molar-refractivity contribution in [3.05, 3.63) is 68.7 Å². The summed E-state index contributed by atoms with van der Waals surface area (Å²) in [6, 6.07) is 12.1. The van der Waals surface area contributed by atoms with Crippen LogP contribution in [0.2, 0.25) is 15.1 Å².